The van der Waals surface area contributed by atoms with Gasteiger partial charge in [-0.05, 0) is 24.3 Å². The van der Waals surface area contributed by atoms with E-state index in [0.717, 1.165) is 5.56 Å². The standard InChI is InChI=1S/C16H27BN2O3/c1-11(2)9-14(17(3)22)19-16(21)15(20)13(18)10-12-7-5-4-6-8-12/h4-8,11,13-15,20,22H,9-10,18H2,1-3H3,(H,19,21)/t13-,14+,15+/m1/s1. The highest BCUT2D eigenvalue weighted by atomic mass is 16.3. The summed E-state index contributed by atoms with van der Waals surface area (Å²) in [7, 11) is 0. The quantitative estimate of drug-likeness (QED) is 0.529. The van der Waals surface area contributed by atoms with Crippen LogP contribution in [0.15, 0.2) is 30.3 Å². The molecule has 0 unspecified atom stereocenters. The van der Waals surface area contributed by atoms with Gasteiger partial charge in [0.05, 0.1) is 0 Å². The van der Waals surface area contributed by atoms with Crippen molar-refractivity contribution in [1.82, 2.24) is 5.32 Å². The van der Waals surface area contributed by atoms with Gasteiger partial charge in [-0.1, -0.05) is 51.0 Å². The summed E-state index contributed by atoms with van der Waals surface area (Å²) in [5.41, 5.74) is 6.90. The number of carbonyl (C=O) groups excluding carboxylic acids is 1. The van der Waals surface area contributed by atoms with Crippen LogP contribution in [0.3, 0.4) is 0 Å². The number of carbonyl (C=O) groups is 1. The predicted octanol–water partition coefficient (Wildman–Crippen LogP) is 0.601. The largest absolute Gasteiger partial charge is 0.449 e. The van der Waals surface area contributed by atoms with E-state index in [1.807, 2.05) is 44.2 Å². The average Bonchev–Trinajstić information content (AvgIpc) is 2.46. The van der Waals surface area contributed by atoms with Gasteiger partial charge < -0.3 is 21.2 Å². The molecule has 0 aliphatic carbocycles. The molecule has 0 aliphatic heterocycles. The monoisotopic (exact) mass is 306 g/mol. The maximum Gasteiger partial charge on any atom is 0.308 e. The molecule has 0 spiro atoms. The van der Waals surface area contributed by atoms with Gasteiger partial charge in [0, 0.05) is 12.0 Å². The Labute approximate surface area is 133 Å². The van der Waals surface area contributed by atoms with Gasteiger partial charge in [-0.3, -0.25) is 4.79 Å². The summed E-state index contributed by atoms with van der Waals surface area (Å²) in [5.74, 6) is -0.587. The van der Waals surface area contributed by atoms with Gasteiger partial charge in [0.1, 0.15) is 6.10 Å². The molecule has 0 aromatic heterocycles. The fraction of sp³-hybridized carbons (Fsp3) is 0.562. The lowest BCUT2D eigenvalue weighted by molar-refractivity contribution is -0.130. The molecule has 0 saturated carbocycles. The number of nitrogens with one attached hydrogen (secondary N) is 1. The van der Waals surface area contributed by atoms with E-state index < -0.39 is 25.0 Å². The molecule has 5 N–H and O–H groups in total. The van der Waals surface area contributed by atoms with Crippen molar-refractivity contribution in [3.05, 3.63) is 35.9 Å². The highest BCUT2D eigenvalue weighted by Crippen LogP contribution is 2.09. The molecule has 0 fully saturated rings. The summed E-state index contributed by atoms with van der Waals surface area (Å²) in [4.78, 5) is 12.1. The van der Waals surface area contributed by atoms with Crippen LogP contribution in [0.1, 0.15) is 25.8 Å². The second kappa shape index (κ2) is 8.93. The lowest BCUT2D eigenvalue weighted by atomic mass is 9.61. The molecule has 0 radical (unpaired) electrons. The van der Waals surface area contributed by atoms with Crippen LogP contribution in [-0.2, 0) is 11.2 Å². The molecule has 5 nitrogen and oxygen atoms in total. The fourth-order valence-electron chi connectivity index (χ4n) is 2.34. The Kier molecular flexibility index (Phi) is 7.58. The second-order valence-corrected chi connectivity index (χ2v) is 6.28. The molecule has 1 rings (SSSR count). The molecule has 22 heavy (non-hydrogen) atoms. The summed E-state index contributed by atoms with van der Waals surface area (Å²) >= 11 is 0. The number of hydrogen-bond acceptors (Lipinski definition) is 4. The summed E-state index contributed by atoms with van der Waals surface area (Å²) in [5, 5.41) is 22.5. The van der Waals surface area contributed by atoms with E-state index in [2.05, 4.69) is 5.32 Å². The van der Waals surface area contributed by atoms with Crippen molar-refractivity contribution in [2.45, 2.75) is 51.6 Å². The van der Waals surface area contributed by atoms with Crippen LogP contribution in [0.25, 0.3) is 0 Å². The first-order chi connectivity index (χ1) is 10.3. The van der Waals surface area contributed by atoms with Gasteiger partial charge in [0.15, 0.2) is 0 Å². The van der Waals surface area contributed by atoms with Gasteiger partial charge in [0.2, 0.25) is 5.91 Å². The molecule has 0 bridgehead atoms. The van der Waals surface area contributed by atoms with Crippen LogP contribution in [0.5, 0.6) is 0 Å². The first-order valence-electron chi connectivity index (χ1n) is 7.77. The lowest BCUT2D eigenvalue weighted by Gasteiger charge is -2.25. The highest BCUT2D eigenvalue weighted by molar-refractivity contribution is 6.51. The van der Waals surface area contributed by atoms with Crippen LogP contribution in [0.4, 0.5) is 0 Å². The van der Waals surface area contributed by atoms with Crippen LogP contribution in [-0.4, -0.2) is 41.0 Å². The van der Waals surface area contributed by atoms with E-state index in [-0.39, 0.29) is 5.94 Å². The van der Waals surface area contributed by atoms with Gasteiger partial charge in [-0.2, -0.15) is 0 Å². The minimum absolute atomic E-state index is 0.329. The smallest absolute Gasteiger partial charge is 0.308 e. The number of amides is 1. The third-order valence-electron chi connectivity index (χ3n) is 3.62. The van der Waals surface area contributed by atoms with Crippen molar-refractivity contribution in [3.63, 3.8) is 0 Å². The Bertz CT molecular complexity index is 454. The Morgan fingerprint density at radius 3 is 2.41 bits per heavy atom. The topological polar surface area (TPSA) is 95.6 Å². The van der Waals surface area contributed by atoms with E-state index in [9.17, 15) is 14.9 Å². The zero-order valence-electron chi connectivity index (χ0n) is 13.6. The number of benzene rings is 1. The predicted molar refractivity (Wildman–Crippen MR) is 89.4 cm³/mol. The van der Waals surface area contributed by atoms with Crippen LogP contribution < -0.4 is 11.1 Å². The van der Waals surface area contributed by atoms with E-state index >= 15 is 0 Å². The van der Waals surface area contributed by atoms with E-state index in [1.54, 1.807) is 6.82 Å². The number of hydrogen-bond donors (Lipinski definition) is 4. The van der Waals surface area contributed by atoms with E-state index in [4.69, 9.17) is 5.73 Å². The van der Waals surface area contributed by atoms with Gasteiger partial charge in [-0.25, -0.2) is 0 Å². The summed E-state index contributed by atoms with van der Waals surface area (Å²) in [6, 6.07) is 8.80. The summed E-state index contributed by atoms with van der Waals surface area (Å²) in [6.07, 6.45) is -0.239. The summed E-state index contributed by atoms with van der Waals surface area (Å²) in [6.45, 7) is 4.98. The Hall–Kier alpha value is -1.37. The van der Waals surface area contributed by atoms with Gasteiger partial charge in [0.25, 0.3) is 0 Å². The maximum absolute atomic E-state index is 12.1. The molecular weight excluding hydrogens is 279 g/mol. The zero-order valence-corrected chi connectivity index (χ0v) is 13.6. The summed E-state index contributed by atoms with van der Waals surface area (Å²) < 4.78 is 0. The third-order valence-corrected chi connectivity index (χ3v) is 3.62. The lowest BCUT2D eigenvalue weighted by Crippen LogP contribution is -2.53. The number of rotatable bonds is 8. The molecule has 0 saturated heterocycles. The Balaban J connectivity index is 2.59. The average molecular weight is 306 g/mol. The van der Waals surface area contributed by atoms with Crippen molar-refractivity contribution in [2.75, 3.05) is 0 Å². The van der Waals surface area contributed by atoms with Crippen LogP contribution in [0, 0.1) is 5.92 Å². The first-order valence-corrected chi connectivity index (χ1v) is 7.77. The normalized spacial score (nSPS) is 15.2. The Morgan fingerprint density at radius 2 is 1.91 bits per heavy atom. The van der Waals surface area contributed by atoms with Gasteiger partial charge in [-0.15, -0.1) is 0 Å². The third kappa shape index (κ3) is 6.18. The van der Waals surface area contributed by atoms with Crippen molar-refractivity contribution >= 4 is 12.8 Å². The molecule has 0 heterocycles. The van der Waals surface area contributed by atoms with E-state index in [1.165, 1.54) is 0 Å². The van der Waals surface area contributed by atoms with Gasteiger partial charge >= 0.3 is 6.92 Å². The number of aliphatic hydroxyl groups is 1. The molecular formula is C16H27BN2O3. The molecule has 122 valence electrons. The van der Waals surface area contributed by atoms with Crippen molar-refractivity contribution in [3.8, 4) is 0 Å². The first kappa shape index (κ1) is 18.7. The molecule has 1 aromatic carbocycles. The van der Waals surface area contributed by atoms with Crippen molar-refractivity contribution < 1.29 is 14.9 Å². The molecule has 6 heteroatoms. The van der Waals surface area contributed by atoms with Crippen LogP contribution >= 0.6 is 0 Å². The highest BCUT2D eigenvalue weighted by Gasteiger charge is 2.28. The number of aliphatic hydroxyl groups excluding tert-OH is 1. The minimum Gasteiger partial charge on any atom is -0.449 e. The maximum atomic E-state index is 12.1. The second-order valence-electron chi connectivity index (χ2n) is 6.28. The van der Waals surface area contributed by atoms with Crippen molar-refractivity contribution in [2.24, 2.45) is 11.7 Å². The zero-order chi connectivity index (χ0) is 16.7. The minimum atomic E-state index is -1.30. The SMILES string of the molecule is CB(O)[C@H](CC(C)C)NC(=O)[C@@H](O)[C@H](N)Cc1ccccc1. The molecule has 1 aromatic rings. The fourth-order valence-corrected chi connectivity index (χ4v) is 2.34. The van der Waals surface area contributed by atoms with Crippen molar-refractivity contribution in [1.29, 1.82) is 0 Å². The molecule has 0 aliphatic rings. The Morgan fingerprint density at radius 1 is 1.32 bits per heavy atom. The molecule has 1 amide bonds. The number of nitrogens with two attached hydrogens (primary N) is 1. The molecule has 3 atom stereocenters. The van der Waals surface area contributed by atoms with E-state index in [0.29, 0.717) is 18.8 Å². The van der Waals surface area contributed by atoms with Crippen LogP contribution in [0.2, 0.25) is 6.82 Å².